The van der Waals surface area contributed by atoms with Crippen molar-refractivity contribution < 1.29 is 9.13 Å². The summed E-state index contributed by atoms with van der Waals surface area (Å²) in [6.45, 7) is 1.05. The Morgan fingerprint density at radius 2 is 1.64 bits per heavy atom. The summed E-state index contributed by atoms with van der Waals surface area (Å²) in [6.07, 6.45) is 7.15. The largest absolute Gasteiger partial charge is 0.488 e. The number of benzene rings is 2. The van der Waals surface area contributed by atoms with E-state index in [9.17, 15) is 4.39 Å². The van der Waals surface area contributed by atoms with Crippen LogP contribution in [0, 0.1) is 29.5 Å². The molecule has 4 saturated carbocycles. The SMILES string of the molecule is Fc1ccccc1COc1ccc(Br)cc1CNC1C2CC3CC(C2)CC1C3. The minimum atomic E-state index is -0.215. The Morgan fingerprint density at radius 1 is 0.929 bits per heavy atom. The number of halogens is 2. The average Bonchev–Trinajstić information content (AvgIpc) is 2.67. The third-order valence-electron chi connectivity index (χ3n) is 7.12. The fourth-order valence-electron chi connectivity index (χ4n) is 6.08. The molecule has 4 aliphatic rings. The molecule has 148 valence electrons. The highest BCUT2D eigenvalue weighted by atomic mass is 79.9. The van der Waals surface area contributed by atoms with E-state index in [1.165, 1.54) is 38.2 Å². The summed E-state index contributed by atoms with van der Waals surface area (Å²) < 4.78 is 21.0. The van der Waals surface area contributed by atoms with Crippen LogP contribution in [-0.4, -0.2) is 6.04 Å². The maximum absolute atomic E-state index is 13.9. The smallest absolute Gasteiger partial charge is 0.129 e. The zero-order chi connectivity index (χ0) is 19.1. The highest BCUT2D eigenvalue weighted by molar-refractivity contribution is 9.10. The molecule has 2 aromatic carbocycles. The Labute approximate surface area is 175 Å². The summed E-state index contributed by atoms with van der Waals surface area (Å²) in [5.74, 6) is 4.31. The lowest BCUT2D eigenvalue weighted by Crippen LogP contribution is -2.54. The molecule has 0 heterocycles. The van der Waals surface area contributed by atoms with Crippen LogP contribution in [0.25, 0.3) is 0 Å². The van der Waals surface area contributed by atoms with E-state index in [4.69, 9.17) is 4.74 Å². The van der Waals surface area contributed by atoms with Gasteiger partial charge in [0.1, 0.15) is 18.2 Å². The van der Waals surface area contributed by atoms with Gasteiger partial charge in [0.05, 0.1) is 0 Å². The van der Waals surface area contributed by atoms with Crippen LogP contribution in [-0.2, 0) is 13.2 Å². The topological polar surface area (TPSA) is 21.3 Å². The summed E-state index contributed by atoms with van der Waals surface area (Å²) in [7, 11) is 0. The van der Waals surface area contributed by atoms with Crippen LogP contribution in [0.1, 0.15) is 43.2 Å². The second-order valence-corrected chi connectivity index (χ2v) is 9.89. The zero-order valence-electron chi connectivity index (χ0n) is 16.0. The molecular formula is C24H27BrFNO. The first-order valence-electron chi connectivity index (χ1n) is 10.5. The van der Waals surface area contributed by atoms with E-state index in [-0.39, 0.29) is 12.4 Å². The molecule has 0 aromatic heterocycles. The first-order chi connectivity index (χ1) is 13.7. The molecule has 2 nitrogen and oxygen atoms in total. The quantitative estimate of drug-likeness (QED) is 0.583. The fourth-order valence-corrected chi connectivity index (χ4v) is 6.49. The minimum Gasteiger partial charge on any atom is -0.488 e. The Hall–Kier alpha value is -1.39. The lowest BCUT2D eigenvalue weighted by Gasteiger charge is -2.54. The molecular weight excluding hydrogens is 417 g/mol. The second kappa shape index (κ2) is 7.79. The molecule has 0 saturated heterocycles. The molecule has 0 atom stereocenters. The summed E-state index contributed by atoms with van der Waals surface area (Å²) in [4.78, 5) is 0. The van der Waals surface area contributed by atoms with Crippen molar-refractivity contribution in [2.45, 2.75) is 51.3 Å². The van der Waals surface area contributed by atoms with Crippen LogP contribution >= 0.6 is 15.9 Å². The molecule has 6 rings (SSSR count). The van der Waals surface area contributed by atoms with Crippen LogP contribution < -0.4 is 10.1 Å². The Morgan fingerprint density at radius 3 is 2.36 bits per heavy atom. The van der Waals surface area contributed by atoms with Gasteiger partial charge in [-0.15, -0.1) is 0 Å². The molecule has 0 amide bonds. The van der Waals surface area contributed by atoms with Crippen molar-refractivity contribution in [2.24, 2.45) is 23.7 Å². The van der Waals surface area contributed by atoms with Gasteiger partial charge in [-0.2, -0.15) is 0 Å². The maximum atomic E-state index is 13.9. The standard InChI is InChI=1S/C24H27BrFNO/c25-21-5-6-23(28-14-17-3-1-2-4-22(17)26)20(12-21)13-27-24-18-8-15-7-16(10-18)11-19(24)9-15/h1-6,12,15-16,18-19,24,27H,7-11,13-14H2. The predicted molar refractivity (Wildman–Crippen MR) is 113 cm³/mol. The van der Waals surface area contributed by atoms with Crippen molar-refractivity contribution in [1.82, 2.24) is 5.32 Å². The van der Waals surface area contributed by atoms with Gasteiger partial charge in [-0.25, -0.2) is 4.39 Å². The number of hydrogen-bond donors (Lipinski definition) is 1. The summed E-state index contributed by atoms with van der Waals surface area (Å²) in [5.41, 5.74) is 1.73. The van der Waals surface area contributed by atoms with E-state index in [1.54, 1.807) is 12.1 Å². The van der Waals surface area contributed by atoms with Crippen molar-refractivity contribution in [3.05, 3.63) is 63.9 Å². The minimum absolute atomic E-state index is 0.215. The van der Waals surface area contributed by atoms with Crippen LogP contribution in [0.4, 0.5) is 4.39 Å². The van der Waals surface area contributed by atoms with Gasteiger partial charge in [-0.3, -0.25) is 0 Å². The number of hydrogen-bond acceptors (Lipinski definition) is 2. The van der Waals surface area contributed by atoms with E-state index in [0.29, 0.717) is 11.6 Å². The third kappa shape index (κ3) is 3.73. The molecule has 4 heteroatoms. The molecule has 2 aromatic rings. The van der Waals surface area contributed by atoms with Gasteiger partial charge in [-0.1, -0.05) is 34.1 Å². The molecule has 4 bridgehead atoms. The van der Waals surface area contributed by atoms with Gasteiger partial charge in [0.15, 0.2) is 0 Å². The monoisotopic (exact) mass is 443 g/mol. The van der Waals surface area contributed by atoms with Crippen LogP contribution in [0.3, 0.4) is 0 Å². The lowest BCUT2D eigenvalue weighted by atomic mass is 9.54. The average molecular weight is 444 g/mol. The fraction of sp³-hybridized carbons (Fsp3) is 0.500. The van der Waals surface area contributed by atoms with Gasteiger partial charge in [-0.05, 0) is 80.0 Å². The number of ether oxygens (including phenoxy) is 1. The van der Waals surface area contributed by atoms with E-state index >= 15 is 0 Å². The molecule has 0 unspecified atom stereocenters. The predicted octanol–water partition coefficient (Wildman–Crippen LogP) is 6.08. The van der Waals surface area contributed by atoms with Gasteiger partial charge < -0.3 is 10.1 Å². The van der Waals surface area contributed by atoms with E-state index in [0.717, 1.165) is 46.0 Å². The molecule has 4 fully saturated rings. The summed E-state index contributed by atoms with van der Waals surface area (Å²) in [5, 5.41) is 3.88. The van der Waals surface area contributed by atoms with Crippen molar-refractivity contribution in [3.63, 3.8) is 0 Å². The number of nitrogens with one attached hydrogen (secondary N) is 1. The molecule has 1 N–H and O–H groups in total. The molecule has 4 aliphatic carbocycles. The van der Waals surface area contributed by atoms with Crippen LogP contribution in [0.5, 0.6) is 5.75 Å². The molecule has 0 aliphatic heterocycles. The van der Waals surface area contributed by atoms with Gasteiger partial charge in [0.2, 0.25) is 0 Å². The summed E-state index contributed by atoms with van der Waals surface area (Å²) in [6, 6.07) is 13.6. The Bertz CT molecular complexity index is 826. The third-order valence-corrected chi connectivity index (χ3v) is 7.61. The first kappa shape index (κ1) is 18.6. The highest BCUT2D eigenvalue weighted by Crippen LogP contribution is 2.53. The zero-order valence-corrected chi connectivity index (χ0v) is 17.6. The Kier molecular flexibility index (Phi) is 5.18. The Balaban J connectivity index is 1.27. The van der Waals surface area contributed by atoms with E-state index in [1.807, 2.05) is 18.2 Å². The van der Waals surface area contributed by atoms with Crippen molar-refractivity contribution in [3.8, 4) is 5.75 Å². The van der Waals surface area contributed by atoms with Crippen LogP contribution in [0.2, 0.25) is 0 Å². The van der Waals surface area contributed by atoms with Crippen LogP contribution in [0.15, 0.2) is 46.9 Å². The molecule has 0 radical (unpaired) electrons. The van der Waals surface area contributed by atoms with E-state index < -0.39 is 0 Å². The van der Waals surface area contributed by atoms with Crippen molar-refractivity contribution in [2.75, 3.05) is 0 Å². The molecule has 28 heavy (non-hydrogen) atoms. The van der Waals surface area contributed by atoms with Gasteiger partial charge in [0, 0.05) is 28.2 Å². The molecule has 0 spiro atoms. The van der Waals surface area contributed by atoms with E-state index in [2.05, 4.69) is 27.3 Å². The number of rotatable bonds is 6. The highest BCUT2D eigenvalue weighted by Gasteiger charge is 2.47. The first-order valence-corrected chi connectivity index (χ1v) is 11.3. The summed E-state index contributed by atoms with van der Waals surface area (Å²) >= 11 is 3.59. The van der Waals surface area contributed by atoms with Crippen molar-refractivity contribution in [1.29, 1.82) is 0 Å². The maximum Gasteiger partial charge on any atom is 0.129 e. The van der Waals surface area contributed by atoms with Crippen molar-refractivity contribution >= 4 is 15.9 Å². The van der Waals surface area contributed by atoms with Gasteiger partial charge >= 0.3 is 0 Å². The lowest BCUT2D eigenvalue weighted by molar-refractivity contribution is -0.0143. The normalized spacial score (nSPS) is 30.6. The van der Waals surface area contributed by atoms with Gasteiger partial charge in [0.25, 0.3) is 0 Å². The second-order valence-electron chi connectivity index (χ2n) is 8.97.